The molecule has 2 saturated heterocycles. The van der Waals surface area contributed by atoms with Crippen molar-refractivity contribution in [2.45, 2.75) is 45.0 Å². The van der Waals surface area contributed by atoms with Gasteiger partial charge in [0.2, 0.25) is 5.91 Å². The Kier molecular flexibility index (Phi) is 8.36. The molecule has 3 atom stereocenters. The quantitative estimate of drug-likeness (QED) is 0.296. The van der Waals surface area contributed by atoms with Gasteiger partial charge < -0.3 is 25.6 Å². The van der Waals surface area contributed by atoms with Gasteiger partial charge in [-0.05, 0) is 44.4 Å². The summed E-state index contributed by atoms with van der Waals surface area (Å²) in [7, 11) is -1.19. The van der Waals surface area contributed by atoms with E-state index >= 15 is 0 Å². The van der Waals surface area contributed by atoms with Crippen molar-refractivity contribution in [2.75, 3.05) is 39.3 Å². The number of imide groups is 1. The molecule has 204 valence electrons. The number of amides is 5. The Balaban J connectivity index is 1.50. The molecule has 4 N–H and O–H groups in total. The molecule has 0 saturated carbocycles. The number of benzene rings is 1. The first kappa shape index (κ1) is 27.6. The molecule has 2 fully saturated rings. The van der Waals surface area contributed by atoms with E-state index in [1.165, 1.54) is 4.90 Å². The Bertz CT molecular complexity index is 1130. The van der Waals surface area contributed by atoms with Gasteiger partial charge in [-0.3, -0.25) is 29.0 Å². The van der Waals surface area contributed by atoms with E-state index in [1.807, 2.05) is 30.0 Å². The first-order chi connectivity index (χ1) is 18.1. The topological polar surface area (TPSA) is 163 Å². The van der Waals surface area contributed by atoms with E-state index in [1.54, 1.807) is 6.92 Å². The van der Waals surface area contributed by atoms with Gasteiger partial charge in [0.15, 0.2) is 5.78 Å². The van der Waals surface area contributed by atoms with Crippen LogP contribution in [0.4, 0.5) is 4.79 Å². The molecule has 0 spiro atoms. The van der Waals surface area contributed by atoms with Crippen LogP contribution in [0.5, 0.6) is 5.75 Å². The van der Waals surface area contributed by atoms with Crippen LogP contribution in [0.15, 0.2) is 18.2 Å². The molecule has 3 aliphatic heterocycles. The van der Waals surface area contributed by atoms with Gasteiger partial charge in [0.25, 0.3) is 0 Å². The number of aryl methyl sites for hydroxylation is 1. The number of nitrogens with zero attached hydrogens (tertiary/aromatic N) is 3. The molecule has 3 aliphatic rings. The van der Waals surface area contributed by atoms with Gasteiger partial charge in [0.1, 0.15) is 5.75 Å². The molecule has 38 heavy (non-hydrogen) atoms. The second-order valence-electron chi connectivity index (χ2n) is 10.2. The average Bonchev–Trinajstić information content (AvgIpc) is 3.32. The molecule has 5 amide bonds. The Morgan fingerprint density at radius 3 is 2.68 bits per heavy atom. The van der Waals surface area contributed by atoms with E-state index in [-0.39, 0.29) is 37.8 Å². The molecule has 3 heterocycles. The predicted molar refractivity (Wildman–Crippen MR) is 137 cm³/mol. The molecule has 0 radical (unpaired) electrons. The summed E-state index contributed by atoms with van der Waals surface area (Å²) in [5.74, 6) is -2.78. The van der Waals surface area contributed by atoms with E-state index in [9.17, 15) is 29.0 Å². The lowest BCUT2D eigenvalue weighted by Crippen LogP contribution is -2.60. The molecule has 0 bridgehead atoms. The van der Waals surface area contributed by atoms with E-state index in [4.69, 9.17) is 10.4 Å². The molecular formula is C25H34BN5O7. The lowest BCUT2D eigenvalue weighted by atomic mass is 9.64. The van der Waals surface area contributed by atoms with E-state index in [0.29, 0.717) is 38.2 Å². The van der Waals surface area contributed by atoms with Crippen molar-refractivity contribution < 1.29 is 33.7 Å². The van der Waals surface area contributed by atoms with Gasteiger partial charge in [-0.1, -0.05) is 18.2 Å². The number of rotatable bonds is 8. The Morgan fingerprint density at radius 1 is 1.21 bits per heavy atom. The zero-order valence-electron chi connectivity index (χ0n) is 21.7. The number of nitrogens with one attached hydrogen (secondary N) is 1. The normalized spacial score (nSPS) is 22.7. The number of hydrogen-bond donors (Lipinski definition) is 3. The molecule has 0 aliphatic carbocycles. The highest BCUT2D eigenvalue weighted by Gasteiger charge is 2.43. The number of ketones is 1. The summed E-state index contributed by atoms with van der Waals surface area (Å²) in [6.07, 6.45) is 0.878. The van der Waals surface area contributed by atoms with Crippen molar-refractivity contribution >= 4 is 36.7 Å². The summed E-state index contributed by atoms with van der Waals surface area (Å²) in [6.45, 7) is 5.12. The molecule has 4 rings (SSSR count). The van der Waals surface area contributed by atoms with Crippen molar-refractivity contribution in [3.8, 4) is 5.75 Å². The lowest BCUT2D eigenvalue weighted by molar-refractivity contribution is -0.153. The van der Waals surface area contributed by atoms with Gasteiger partial charge in [0.05, 0.1) is 12.6 Å². The van der Waals surface area contributed by atoms with Gasteiger partial charge in [-0.15, -0.1) is 0 Å². The minimum Gasteiger partial charge on any atom is -0.536 e. The van der Waals surface area contributed by atoms with Crippen LogP contribution in [0.3, 0.4) is 0 Å². The molecular weight excluding hydrogens is 493 g/mol. The molecule has 1 aromatic rings. The highest BCUT2D eigenvalue weighted by Crippen LogP contribution is 2.36. The van der Waals surface area contributed by atoms with Crippen LogP contribution < -0.4 is 15.7 Å². The minimum atomic E-state index is -1.19. The number of nitrogens with two attached hydrogens (primary N) is 1. The largest absolute Gasteiger partial charge is 0.536 e. The smallest absolute Gasteiger partial charge is 0.526 e. The molecule has 2 unspecified atom stereocenters. The third kappa shape index (κ3) is 5.83. The van der Waals surface area contributed by atoms with Crippen LogP contribution in [0, 0.1) is 12.8 Å². The maximum absolute atomic E-state index is 13.6. The molecule has 0 aromatic heterocycles. The van der Waals surface area contributed by atoms with Gasteiger partial charge in [-0.2, -0.15) is 0 Å². The minimum absolute atomic E-state index is 0.0228. The number of likely N-dealkylation sites (N-methyl/N-ethyl adjacent to an activating group) is 1. The fraction of sp³-hybridized carbons (Fsp3) is 0.560. The fourth-order valence-corrected chi connectivity index (χ4v) is 5.54. The second kappa shape index (κ2) is 11.5. The summed E-state index contributed by atoms with van der Waals surface area (Å²) in [5.41, 5.74) is 7.11. The number of para-hydroxylation sites is 1. The number of likely N-dealkylation sites (tertiary alicyclic amines) is 1. The number of carbonyl (C=O) groups excluding carboxylic acids is 5. The van der Waals surface area contributed by atoms with E-state index in [0.717, 1.165) is 16.0 Å². The number of hydrogen-bond acceptors (Lipinski definition) is 8. The van der Waals surface area contributed by atoms with Crippen LogP contribution in [0.1, 0.15) is 30.9 Å². The second-order valence-corrected chi connectivity index (χ2v) is 10.2. The van der Waals surface area contributed by atoms with Crippen molar-refractivity contribution in [2.24, 2.45) is 11.7 Å². The SMILES string of the molecule is CCN1CCN(C(=O)NC(C(=O)C[C@H]2Cc3cccc(C)c3OB2O)C2CCN(CC(N)=O)C2)C(=O)C1=O. The van der Waals surface area contributed by atoms with Gasteiger partial charge >= 0.3 is 25.0 Å². The zero-order valence-corrected chi connectivity index (χ0v) is 21.7. The van der Waals surface area contributed by atoms with Crippen LogP contribution in [0.2, 0.25) is 5.82 Å². The summed E-state index contributed by atoms with van der Waals surface area (Å²) >= 11 is 0. The standard InChI is InChI=1S/C25H34BN5O7/c1-3-30-9-10-31(24(35)23(30)34)25(36)28-21(17-7-8-29(13-17)14-20(27)33)19(32)12-18-11-16-6-4-5-15(2)22(16)38-26(18)37/h4-6,17-18,21,37H,3,7-14H2,1-2H3,(H2,27,33)(H,28,36)/t17?,18-,21?/m1/s1. The number of urea groups is 1. The van der Waals surface area contributed by atoms with E-state index < -0.39 is 42.7 Å². The number of fused-ring (bicyclic) bond motifs is 1. The summed E-state index contributed by atoms with van der Waals surface area (Å²) < 4.78 is 5.73. The zero-order chi connectivity index (χ0) is 27.6. The Labute approximate surface area is 221 Å². The Hall–Kier alpha value is -3.45. The van der Waals surface area contributed by atoms with Crippen molar-refractivity contribution in [3.05, 3.63) is 29.3 Å². The first-order valence-electron chi connectivity index (χ1n) is 13.0. The first-order valence-corrected chi connectivity index (χ1v) is 13.0. The number of carbonyl (C=O) groups is 5. The molecule has 1 aromatic carbocycles. The van der Waals surface area contributed by atoms with E-state index in [2.05, 4.69) is 5.32 Å². The van der Waals surface area contributed by atoms with Gasteiger partial charge in [0, 0.05) is 44.3 Å². The van der Waals surface area contributed by atoms with Crippen molar-refractivity contribution in [1.29, 1.82) is 0 Å². The van der Waals surface area contributed by atoms with Crippen LogP contribution >= 0.6 is 0 Å². The fourth-order valence-electron chi connectivity index (χ4n) is 5.54. The highest BCUT2D eigenvalue weighted by molar-refractivity contribution is 6.46. The van der Waals surface area contributed by atoms with Crippen LogP contribution in [0.25, 0.3) is 0 Å². The summed E-state index contributed by atoms with van der Waals surface area (Å²) in [4.78, 5) is 67.1. The number of primary amides is 1. The third-order valence-electron chi connectivity index (χ3n) is 7.60. The molecule has 12 nitrogen and oxygen atoms in total. The molecule has 13 heteroatoms. The lowest BCUT2D eigenvalue weighted by Gasteiger charge is -2.34. The van der Waals surface area contributed by atoms with Crippen molar-refractivity contribution in [3.63, 3.8) is 0 Å². The maximum Gasteiger partial charge on any atom is 0.526 e. The maximum atomic E-state index is 13.6. The highest BCUT2D eigenvalue weighted by atomic mass is 16.5. The monoisotopic (exact) mass is 527 g/mol. The Morgan fingerprint density at radius 2 is 1.97 bits per heavy atom. The third-order valence-corrected chi connectivity index (χ3v) is 7.60. The predicted octanol–water partition coefficient (Wildman–Crippen LogP) is -0.684. The number of Topliss-reactive ketones (excluding diaryl/α,β-unsaturated/α-hetero) is 1. The summed E-state index contributed by atoms with van der Waals surface area (Å²) in [6, 6.07) is 3.86. The van der Waals surface area contributed by atoms with Crippen molar-refractivity contribution in [1.82, 2.24) is 20.0 Å². The van der Waals surface area contributed by atoms with Crippen LogP contribution in [-0.2, 0) is 25.6 Å². The van der Waals surface area contributed by atoms with Gasteiger partial charge in [-0.25, -0.2) is 4.79 Å². The van der Waals surface area contributed by atoms with Crippen LogP contribution in [-0.4, -0.2) is 102 Å². The number of piperazine rings is 1. The summed E-state index contributed by atoms with van der Waals surface area (Å²) in [5, 5.41) is 13.4. The average molecular weight is 527 g/mol.